The van der Waals surface area contributed by atoms with Gasteiger partial charge in [0.2, 0.25) is 0 Å². The highest BCUT2D eigenvalue weighted by molar-refractivity contribution is 7.47. The third-order valence-electron chi connectivity index (χ3n) is 10.6. The van der Waals surface area contributed by atoms with E-state index in [0.717, 1.165) is 51.4 Å². The average molecular weight is 859 g/mol. The van der Waals surface area contributed by atoms with Crippen LogP contribution in [0.25, 0.3) is 0 Å². The highest BCUT2D eigenvalue weighted by atomic mass is 31.2. The summed E-state index contributed by atoms with van der Waals surface area (Å²) >= 11 is 0. The van der Waals surface area contributed by atoms with Gasteiger partial charge in [0.15, 0.2) is 6.10 Å². The Morgan fingerprint density at radius 2 is 0.881 bits per heavy atom. The maximum Gasteiger partial charge on any atom is 0.472 e. The molecule has 0 spiro atoms. The molecular formula is C48H91O10P. The van der Waals surface area contributed by atoms with Crippen molar-refractivity contribution in [2.75, 3.05) is 26.4 Å². The Labute approximate surface area is 361 Å². The van der Waals surface area contributed by atoms with Crippen LogP contribution in [-0.4, -0.2) is 65.7 Å². The standard InChI is InChI=1S/C48H91O10P/c1-3-5-7-9-11-13-15-17-19-21-22-24-25-27-29-31-33-35-37-39-47(51)55-43-46(44-57-59(53,54)56-42-45(50)41-49)58-48(52)40-38-36-34-32-30-28-26-23-20-18-16-14-12-10-8-6-4-2/h11,13,17,19,45-46,49-50H,3-10,12,14-16,18,20-44H2,1-2H3,(H,53,54)/b13-11-,19-17-/t45-,46+/m0/s1. The molecule has 0 fully saturated rings. The first-order valence-corrected chi connectivity index (χ1v) is 25.8. The van der Waals surface area contributed by atoms with Crippen LogP contribution in [0.4, 0.5) is 0 Å². The van der Waals surface area contributed by atoms with E-state index >= 15 is 0 Å². The lowest BCUT2D eigenvalue weighted by molar-refractivity contribution is -0.161. The molecule has 0 aliphatic rings. The predicted molar refractivity (Wildman–Crippen MR) is 242 cm³/mol. The van der Waals surface area contributed by atoms with Gasteiger partial charge in [-0.15, -0.1) is 0 Å². The topological polar surface area (TPSA) is 149 Å². The van der Waals surface area contributed by atoms with Gasteiger partial charge in [-0.1, -0.05) is 199 Å². The normalized spacial score (nSPS) is 13.9. The van der Waals surface area contributed by atoms with Crippen molar-refractivity contribution < 1.29 is 47.8 Å². The summed E-state index contributed by atoms with van der Waals surface area (Å²) in [5.74, 6) is -0.918. The molecule has 1 unspecified atom stereocenters. The van der Waals surface area contributed by atoms with Crippen molar-refractivity contribution in [3.8, 4) is 0 Å². The molecule has 3 N–H and O–H groups in total. The van der Waals surface area contributed by atoms with Gasteiger partial charge >= 0.3 is 19.8 Å². The van der Waals surface area contributed by atoms with Gasteiger partial charge in [0.1, 0.15) is 12.7 Å². The summed E-state index contributed by atoms with van der Waals surface area (Å²) in [6.45, 7) is 2.39. The van der Waals surface area contributed by atoms with Crippen molar-refractivity contribution in [2.24, 2.45) is 0 Å². The molecule has 0 rings (SSSR count). The van der Waals surface area contributed by atoms with E-state index in [2.05, 4.69) is 38.2 Å². The highest BCUT2D eigenvalue weighted by Gasteiger charge is 2.27. The number of phosphoric ester groups is 1. The minimum Gasteiger partial charge on any atom is -0.462 e. The van der Waals surface area contributed by atoms with Crippen LogP contribution in [0.15, 0.2) is 24.3 Å². The summed E-state index contributed by atoms with van der Waals surface area (Å²) in [6.07, 6.45) is 45.6. The number of hydrogen-bond donors (Lipinski definition) is 3. The number of rotatable bonds is 46. The van der Waals surface area contributed by atoms with E-state index < -0.39 is 51.8 Å². The number of esters is 2. The van der Waals surface area contributed by atoms with Crippen LogP contribution in [0.5, 0.6) is 0 Å². The van der Waals surface area contributed by atoms with Gasteiger partial charge in [0, 0.05) is 12.8 Å². The van der Waals surface area contributed by atoms with Crippen molar-refractivity contribution in [2.45, 2.75) is 244 Å². The van der Waals surface area contributed by atoms with E-state index in [9.17, 15) is 24.2 Å². The molecule has 11 heteroatoms. The Morgan fingerprint density at radius 3 is 1.34 bits per heavy atom. The first-order valence-electron chi connectivity index (χ1n) is 24.3. The number of unbranched alkanes of at least 4 members (excludes halogenated alkanes) is 28. The van der Waals surface area contributed by atoms with E-state index in [-0.39, 0.29) is 19.4 Å². The molecule has 0 aromatic carbocycles. The molecule has 0 saturated heterocycles. The van der Waals surface area contributed by atoms with Crippen LogP contribution in [0.1, 0.15) is 232 Å². The fourth-order valence-corrected chi connectivity index (χ4v) is 7.64. The summed E-state index contributed by atoms with van der Waals surface area (Å²) in [7, 11) is -4.62. The van der Waals surface area contributed by atoms with E-state index in [1.54, 1.807) is 0 Å². The first-order chi connectivity index (χ1) is 28.7. The first kappa shape index (κ1) is 57.4. The Bertz CT molecular complexity index is 1040. The molecule has 3 atom stereocenters. The van der Waals surface area contributed by atoms with Gasteiger partial charge in [0.25, 0.3) is 0 Å². The minimum atomic E-state index is -4.62. The highest BCUT2D eigenvalue weighted by Crippen LogP contribution is 2.43. The SMILES string of the molecule is CCCCC/C=C\C/C=C\CCCCCCCCCCCC(=O)OC[C@H](COP(=O)(O)OC[C@@H](O)CO)OC(=O)CCCCCCCCCCCCCCCCCCC. The maximum atomic E-state index is 12.7. The molecule has 0 amide bonds. The number of carbonyl (C=O) groups is 2. The molecule has 0 aromatic heterocycles. The number of carbonyl (C=O) groups excluding carboxylic acids is 2. The second kappa shape index (κ2) is 44.5. The zero-order chi connectivity index (χ0) is 43.3. The van der Waals surface area contributed by atoms with Gasteiger partial charge in [-0.05, 0) is 44.9 Å². The van der Waals surface area contributed by atoms with Crippen molar-refractivity contribution in [1.29, 1.82) is 0 Å². The second-order valence-electron chi connectivity index (χ2n) is 16.5. The minimum absolute atomic E-state index is 0.188. The Hall–Kier alpha value is -1.55. The number of allylic oxidation sites excluding steroid dienone is 4. The average Bonchev–Trinajstić information content (AvgIpc) is 3.22. The maximum absolute atomic E-state index is 12.7. The lowest BCUT2D eigenvalue weighted by Gasteiger charge is -2.20. The van der Waals surface area contributed by atoms with Crippen LogP contribution in [0.2, 0.25) is 0 Å². The van der Waals surface area contributed by atoms with E-state index in [4.69, 9.17) is 23.6 Å². The third-order valence-corrected chi connectivity index (χ3v) is 11.6. The summed E-state index contributed by atoms with van der Waals surface area (Å²) < 4.78 is 32.8. The van der Waals surface area contributed by atoms with Crippen LogP contribution in [0, 0.1) is 0 Å². The molecule has 0 aromatic rings. The van der Waals surface area contributed by atoms with E-state index in [1.807, 2.05) is 0 Å². The van der Waals surface area contributed by atoms with Crippen molar-refractivity contribution >= 4 is 19.8 Å². The fourth-order valence-electron chi connectivity index (χ4n) is 6.85. The molecule has 0 aliphatic carbocycles. The zero-order valence-electron chi connectivity index (χ0n) is 38.0. The molecular weight excluding hydrogens is 767 g/mol. The summed E-state index contributed by atoms with van der Waals surface area (Å²) in [5.41, 5.74) is 0. The molecule has 10 nitrogen and oxygen atoms in total. The summed E-state index contributed by atoms with van der Waals surface area (Å²) in [6, 6.07) is 0. The smallest absolute Gasteiger partial charge is 0.462 e. The number of hydrogen-bond acceptors (Lipinski definition) is 9. The van der Waals surface area contributed by atoms with Crippen LogP contribution < -0.4 is 0 Å². The molecule has 0 heterocycles. The predicted octanol–water partition coefficient (Wildman–Crippen LogP) is 13.3. The number of aliphatic hydroxyl groups is 2. The Balaban J connectivity index is 4.20. The monoisotopic (exact) mass is 859 g/mol. The van der Waals surface area contributed by atoms with Gasteiger partial charge in [-0.3, -0.25) is 18.6 Å². The Morgan fingerprint density at radius 1 is 0.508 bits per heavy atom. The lowest BCUT2D eigenvalue weighted by atomic mass is 10.0. The third kappa shape index (κ3) is 44.3. The number of phosphoric acid groups is 1. The molecule has 0 radical (unpaired) electrons. The van der Waals surface area contributed by atoms with Gasteiger partial charge < -0.3 is 24.6 Å². The van der Waals surface area contributed by atoms with Gasteiger partial charge in [0.05, 0.1) is 19.8 Å². The lowest BCUT2D eigenvalue weighted by Crippen LogP contribution is -2.29. The van der Waals surface area contributed by atoms with Crippen LogP contribution >= 0.6 is 7.82 Å². The zero-order valence-corrected chi connectivity index (χ0v) is 38.9. The van der Waals surface area contributed by atoms with E-state index in [0.29, 0.717) is 12.8 Å². The molecule has 59 heavy (non-hydrogen) atoms. The quantitative estimate of drug-likeness (QED) is 0.0234. The molecule has 0 aliphatic heterocycles. The second-order valence-corrected chi connectivity index (χ2v) is 17.9. The fraction of sp³-hybridized carbons (Fsp3) is 0.875. The van der Waals surface area contributed by atoms with E-state index in [1.165, 1.54) is 141 Å². The molecule has 348 valence electrons. The summed E-state index contributed by atoms with van der Waals surface area (Å²) in [5, 5.41) is 18.4. The van der Waals surface area contributed by atoms with Crippen molar-refractivity contribution in [3.63, 3.8) is 0 Å². The van der Waals surface area contributed by atoms with Crippen molar-refractivity contribution in [1.82, 2.24) is 0 Å². The molecule has 0 bridgehead atoms. The Kier molecular flexibility index (Phi) is 43.3. The largest absolute Gasteiger partial charge is 0.472 e. The number of aliphatic hydroxyl groups excluding tert-OH is 2. The van der Waals surface area contributed by atoms with Gasteiger partial charge in [-0.2, -0.15) is 0 Å². The molecule has 0 saturated carbocycles. The van der Waals surface area contributed by atoms with Crippen LogP contribution in [-0.2, 0) is 32.7 Å². The number of ether oxygens (including phenoxy) is 2. The van der Waals surface area contributed by atoms with Gasteiger partial charge in [-0.25, -0.2) is 4.57 Å². The van der Waals surface area contributed by atoms with Crippen molar-refractivity contribution in [3.05, 3.63) is 24.3 Å². The van der Waals surface area contributed by atoms with Crippen LogP contribution in [0.3, 0.4) is 0 Å². The summed E-state index contributed by atoms with van der Waals surface area (Å²) in [4.78, 5) is 35.1.